The lowest BCUT2D eigenvalue weighted by Crippen LogP contribution is -2.49. The minimum Gasteiger partial charge on any atom is -0.741 e. The van der Waals surface area contributed by atoms with E-state index in [0.717, 1.165) is 18.2 Å². The molecule has 2 atom stereocenters. The number of Topliss-reactive ketones (excluding diaryl/α,β-unsaturated/α-hetero) is 1. The summed E-state index contributed by atoms with van der Waals surface area (Å²) in [4.78, 5) is 23.8. The summed E-state index contributed by atoms with van der Waals surface area (Å²) in [5.41, 5.74) is -12.3. The van der Waals surface area contributed by atoms with Gasteiger partial charge in [0.05, 0.1) is 10.5 Å². The predicted octanol–water partition coefficient (Wildman–Crippen LogP) is 8.27. The molecule has 0 aliphatic heterocycles. The van der Waals surface area contributed by atoms with Crippen molar-refractivity contribution in [2.24, 2.45) is 5.41 Å². The molecule has 1 aliphatic rings. The van der Waals surface area contributed by atoms with E-state index in [4.69, 9.17) is 13.0 Å². The molecule has 6 nitrogen and oxygen atoms in total. The molecule has 0 N–H and O–H groups in total. The molecule has 2 aromatic carbocycles. The summed E-state index contributed by atoms with van der Waals surface area (Å²) in [6.07, 6.45) is -3.54. The van der Waals surface area contributed by atoms with E-state index < -0.39 is 61.4 Å². The summed E-state index contributed by atoms with van der Waals surface area (Å²) in [7, 11) is -7.75. The lowest BCUT2D eigenvalue weighted by molar-refractivity contribution is -0.226. The van der Waals surface area contributed by atoms with Gasteiger partial charge < -0.3 is 9.29 Å². The Morgan fingerprint density at radius 2 is 1.41 bits per heavy atom. The van der Waals surface area contributed by atoms with Gasteiger partial charge in [-0.15, -0.1) is 13.2 Å². The van der Waals surface area contributed by atoms with Gasteiger partial charge >= 0.3 is 23.2 Å². The van der Waals surface area contributed by atoms with E-state index >= 15 is 0 Å². The number of carbonyl (C=O) groups is 2. The van der Waals surface area contributed by atoms with Crippen LogP contribution >= 0.6 is 10.5 Å². The van der Waals surface area contributed by atoms with Gasteiger partial charge in [-0.2, -0.15) is 26.3 Å². The maximum absolute atomic E-state index is 13.0. The highest BCUT2D eigenvalue weighted by Gasteiger charge is 2.62. The van der Waals surface area contributed by atoms with Gasteiger partial charge in [0.1, 0.15) is 6.61 Å². The van der Waals surface area contributed by atoms with Crippen LogP contribution in [-0.2, 0) is 36.6 Å². The number of rotatable bonds is 6. The Labute approximate surface area is 248 Å². The summed E-state index contributed by atoms with van der Waals surface area (Å²) in [5.74, 6) is -2.60. The van der Waals surface area contributed by atoms with Crippen molar-refractivity contribution in [2.45, 2.75) is 62.8 Å². The maximum atomic E-state index is 13.0. The van der Waals surface area contributed by atoms with Gasteiger partial charge in [-0.3, -0.25) is 9.59 Å². The van der Waals surface area contributed by atoms with E-state index in [1.54, 1.807) is 60.7 Å². The van der Waals surface area contributed by atoms with E-state index in [1.807, 2.05) is 0 Å². The van der Waals surface area contributed by atoms with Gasteiger partial charge in [0, 0.05) is 23.8 Å². The predicted molar refractivity (Wildman–Crippen MR) is 141 cm³/mol. The molecule has 0 saturated heterocycles. The number of hydrogen-bond donors (Lipinski definition) is 0. The smallest absolute Gasteiger partial charge is 0.600 e. The normalized spacial score (nSPS) is 15.7. The highest BCUT2D eigenvalue weighted by atomic mass is 32.2. The second-order valence-electron chi connectivity index (χ2n) is 9.47. The number of alkyl halides is 9. The molecule has 2 unspecified atom stereocenters. The fourth-order valence-corrected chi connectivity index (χ4v) is 5.81. The molecule has 3 aromatic rings. The zero-order valence-electron chi connectivity index (χ0n) is 22.8. The molecule has 0 bridgehead atoms. The molecular weight excluding hydrogens is 655 g/mol. The van der Waals surface area contributed by atoms with Gasteiger partial charge in [0.15, 0.2) is 25.5 Å². The first-order chi connectivity index (χ1) is 20.1. The van der Waals surface area contributed by atoms with Crippen molar-refractivity contribution in [3.8, 4) is 0 Å². The molecule has 4 rings (SSSR count). The molecule has 1 fully saturated rings. The minimum atomic E-state index is -6.09. The van der Waals surface area contributed by atoms with Gasteiger partial charge in [0.25, 0.3) is 0 Å². The molecule has 1 aliphatic carbocycles. The fraction of sp³-hybridized carbons (Fsp3) is 0.407. The summed E-state index contributed by atoms with van der Waals surface area (Å²) < 4.78 is 142. The Morgan fingerprint density at radius 1 is 0.909 bits per heavy atom. The molecule has 244 valence electrons. The molecule has 44 heavy (non-hydrogen) atoms. The number of ether oxygens (including phenoxy) is 1. The van der Waals surface area contributed by atoms with Crippen molar-refractivity contribution in [3.63, 3.8) is 0 Å². The first-order valence-corrected chi connectivity index (χ1v) is 15.1. The Morgan fingerprint density at radius 3 is 1.84 bits per heavy atom. The summed E-state index contributed by atoms with van der Waals surface area (Å²) in [5, 5.41) is 0.755. The molecule has 1 aromatic heterocycles. The lowest BCUT2D eigenvalue weighted by atomic mass is 9.83. The molecule has 0 amide bonds. The van der Waals surface area contributed by atoms with Crippen LogP contribution in [0.4, 0.5) is 39.5 Å². The van der Waals surface area contributed by atoms with Crippen molar-refractivity contribution in [3.05, 3.63) is 71.1 Å². The molecule has 0 radical (unpaired) electrons. The van der Waals surface area contributed by atoms with Crippen LogP contribution in [0.25, 0.3) is 10.1 Å². The fourth-order valence-electron chi connectivity index (χ4n) is 3.64. The first-order valence-electron chi connectivity index (χ1n) is 12.5. The zero-order chi connectivity index (χ0) is 33.7. The summed E-state index contributed by atoms with van der Waals surface area (Å²) in [6.45, 7) is 1.53. The molecule has 1 saturated carbocycles. The molecular formula is C27H25F9O6S2. The second kappa shape index (κ2) is 13.9. The number of thiophene rings is 1. The van der Waals surface area contributed by atoms with Crippen LogP contribution in [0.1, 0.15) is 49.5 Å². The van der Waals surface area contributed by atoms with E-state index in [9.17, 15) is 49.1 Å². The number of hydrogen-bond acceptors (Lipinski definition) is 6. The second-order valence-corrected chi connectivity index (χ2v) is 12.8. The van der Waals surface area contributed by atoms with Gasteiger partial charge in [-0.25, -0.2) is 8.42 Å². The summed E-state index contributed by atoms with van der Waals surface area (Å²) in [6, 6.07) is 16.9. The van der Waals surface area contributed by atoms with Crippen molar-refractivity contribution < 1.29 is 66.8 Å². The van der Waals surface area contributed by atoms with Crippen LogP contribution < -0.4 is 0 Å². The third-order valence-corrected chi connectivity index (χ3v) is 9.00. The van der Waals surface area contributed by atoms with Gasteiger partial charge in [-0.1, -0.05) is 49.4 Å². The number of ketones is 1. The number of halogens is 9. The van der Waals surface area contributed by atoms with Gasteiger partial charge in [0.2, 0.25) is 5.41 Å². The number of fused-ring (bicyclic) bond motifs is 1. The van der Waals surface area contributed by atoms with Crippen LogP contribution in [0, 0.1) is 5.41 Å². The van der Waals surface area contributed by atoms with E-state index in [-0.39, 0.29) is 12.5 Å². The van der Waals surface area contributed by atoms with Crippen LogP contribution in [0.5, 0.6) is 0 Å². The van der Waals surface area contributed by atoms with Crippen molar-refractivity contribution in [1.29, 1.82) is 0 Å². The average molecular weight is 681 g/mol. The van der Waals surface area contributed by atoms with Crippen LogP contribution in [-0.4, -0.2) is 36.4 Å². The molecule has 1 heterocycles. The number of esters is 1. The topological polar surface area (TPSA) is 101 Å². The quantitative estimate of drug-likeness (QED) is 0.0649. The van der Waals surface area contributed by atoms with E-state index in [1.165, 1.54) is 6.92 Å². The largest absolute Gasteiger partial charge is 0.741 e. The number of carbonyl (C=O) groups excluding carboxylic acids is 2. The first kappa shape index (κ1) is 37.0. The minimum absolute atomic E-state index is 0.178. The van der Waals surface area contributed by atoms with E-state index in [2.05, 4.69) is 4.74 Å². The van der Waals surface area contributed by atoms with Crippen LogP contribution in [0.2, 0.25) is 0 Å². The third-order valence-electron chi connectivity index (χ3n) is 6.23. The molecule has 0 spiro atoms. The Hall–Kier alpha value is -3.18. The lowest BCUT2D eigenvalue weighted by Gasteiger charge is -2.27. The third kappa shape index (κ3) is 9.17. The van der Waals surface area contributed by atoms with Crippen molar-refractivity contribution in [2.75, 3.05) is 0 Å². The SMILES string of the molecule is CCC(=O)C(C)(C(=O)OCc1ccccc1)C(F)(F)F.FC(F)(F)[s+]1c(C2CC2)cc2ccccc21.O=S(=O)([O-])C(F)(F)F. The van der Waals surface area contributed by atoms with Gasteiger partial charge in [-0.05, 0) is 37.5 Å². The average Bonchev–Trinajstić information content (AvgIpc) is 3.68. The van der Waals surface area contributed by atoms with E-state index in [0.29, 0.717) is 22.1 Å². The number of benzene rings is 2. The molecule has 17 heteroatoms. The Kier molecular flexibility index (Phi) is 11.7. The summed E-state index contributed by atoms with van der Waals surface area (Å²) >= 11 is 0. The highest BCUT2D eigenvalue weighted by Crippen LogP contribution is 2.57. The van der Waals surface area contributed by atoms with Crippen molar-refractivity contribution in [1.82, 2.24) is 0 Å². The standard InChI is InChI=1S/C14H15F3O3.C12H10F3S.CHF3O3S/c1-3-11(18)13(2,14(15,16)17)12(19)20-9-10-7-5-4-6-8-10;13-12(14,15)16-10-4-2-1-3-9(10)7-11(16)8-5-6-8;2-1(3,4)8(5,6)7/h4-8H,3,9H2,1-2H3;1-4,7-8H,5-6H2;(H,5,6,7)/q;+1;/p-1. The van der Waals surface area contributed by atoms with Crippen molar-refractivity contribution >= 4 is 42.4 Å². The highest BCUT2D eigenvalue weighted by molar-refractivity contribution is 7.86. The Balaban J connectivity index is 0.000000251. The Bertz CT molecular complexity index is 1540. The monoisotopic (exact) mass is 680 g/mol. The maximum Gasteiger partial charge on any atom is 0.600 e. The zero-order valence-corrected chi connectivity index (χ0v) is 24.5. The van der Waals surface area contributed by atoms with Crippen LogP contribution in [0.3, 0.4) is 0 Å². The van der Waals surface area contributed by atoms with Crippen LogP contribution in [0.15, 0.2) is 60.7 Å².